The van der Waals surface area contributed by atoms with E-state index in [4.69, 9.17) is 10.5 Å². The molecule has 0 amide bonds. The van der Waals surface area contributed by atoms with Gasteiger partial charge in [0.15, 0.2) is 0 Å². The van der Waals surface area contributed by atoms with Crippen LogP contribution < -0.4 is 10.5 Å². The van der Waals surface area contributed by atoms with Crippen molar-refractivity contribution in [3.8, 4) is 12.0 Å². The highest BCUT2D eigenvalue weighted by Gasteiger charge is 2.26. The minimum Gasteiger partial charge on any atom is -0.463 e. The summed E-state index contributed by atoms with van der Waals surface area (Å²) >= 11 is 0. The van der Waals surface area contributed by atoms with Gasteiger partial charge >= 0.3 is 6.01 Å². The molecule has 7 nitrogen and oxygen atoms in total. The zero-order valence-electron chi connectivity index (χ0n) is 10.8. The van der Waals surface area contributed by atoms with Crippen LogP contribution in [0.3, 0.4) is 0 Å². The second-order valence-corrected chi connectivity index (χ2v) is 4.58. The third-order valence-corrected chi connectivity index (χ3v) is 2.87. The van der Waals surface area contributed by atoms with Crippen molar-refractivity contribution in [1.82, 2.24) is 24.7 Å². The Morgan fingerprint density at radius 3 is 2.95 bits per heavy atom. The van der Waals surface area contributed by atoms with Gasteiger partial charge in [0.2, 0.25) is 5.95 Å². The molecule has 2 heterocycles. The number of rotatable bonds is 5. The summed E-state index contributed by atoms with van der Waals surface area (Å²) in [6.45, 7) is 2.57. The molecule has 1 fully saturated rings. The van der Waals surface area contributed by atoms with Gasteiger partial charge in [0.1, 0.15) is 0 Å². The second kappa shape index (κ2) is 4.83. The summed E-state index contributed by atoms with van der Waals surface area (Å²) in [5.74, 6) is 1.13. The SMILES string of the molecule is CCCOc1nc(N)nc(-n2ccc(C3CC3)n2)n1. The first-order valence-corrected chi connectivity index (χ1v) is 6.46. The molecule has 0 aromatic carbocycles. The van der Waals surface area contributed by atoms with E-state index in [-0.39, 0.29) is 12.0 Å². The molecule has 1 aliphatic rings. The predicted molar refractivity (Wildman–Crippen MR) is 69.1 cm³/mol. The zero-order chi connectivity index (χ0) is 13.2. The van der Waals surface area contributed by atoms with E-state index in [0.29, 0.717) is 18.5 Å². The van der Waals surface area contributed by atoms with E-state index in [1.807, 2.05) is 19.2 Å². The molecule has 0 unspecified atom stereocenters. The summed E-state index contributed by atoms with van der Waals surface area (Å²) < 4.78 is 7.00. The Bertz CT molecular complexity index is 577. The van der Waals surface area contributed by atoms with Gasteiger partial charge in [-0.25, -0.2) is 4.68 Å². The van der Waals surface area contributed by atoms with Gasteiger partial charge in [0.05, 0.1) is 12.3 Å². The highest BCUT2D eigenvalue weighted by Crippen LogP contribution is 2.38. The van der Waals surface area contributed by atoms with Crippen LogP contribution in [0.5, 0.6) is 6.01 Å². The van der Waals surface area contributed by atoms with Gasteiger partial charge in [-0.15, -0.1) is 0 Å². The maximum Gasteiger partial charge on any atom is 0.323 e. The fourth-order valence-corrected chi connectivity index (χ4v) is 1.77. The fourth-order valence-electron chi connectivity index (χ4n) is 1.77. The molecule has 19 heavy (non-hydrogen) atoms. The number of ether oxygens (including phenoxy) is 1. The average molecular weight is 260 g/mol. The molecule has 1 saturated carbocycles. The van der Waals surface area contributed by atoms with Crippen molar-refractivity contribution < 1.29 is 4.74 Å². The Labute approximate surface area is 110 Å². The van der Waals surface area contributed by atoms with Gasteiger partial charge in [-0.3, -0.25) is 0 Å². The normalized spacial score (nSPS) is 14.6. The first kappa shape index (κ1) is 11.9. The highest BCUT2D eigenvalue weighted by molar-refractivity contribution is 5.25. The minimum absolute atomic E-state index is 0.138. The van der Waals surface area contributed by atoms with E-state index in [2.05, 4.69) is 20.1 Å². The standard InChI is InChI=1S/C12H16N6O/c1-2-7-19-12-15-10(13)14-11(16-12)18-6-5-9(17-18)8-3-4-8/h5-6,8H,2-4,7H2,1H3,(H2,13,14,15,16). The molecule has 0 bridgehead atoms. The lowest BCUT2D eigenvalue weighted by atomic mass is 10.3. The zero-order valence-corrected chi connectivity index (χ0v) is 10.8. The third-order valence-electron chi connectivity index (χ3n) is 2.87. The lowest BCUT2D eigenvalue weighted by molar-refractivity contribution is 0.291. The predicted octanol–water partition coefficient (Wildman–Crippen LogP) is 1.31. The van der Waals surface area contributed by atoms with Crippen LogP contribution in [0.1, 0.15) is 37.8 Å². The summed E-state index contributed by atoms with van der Waals surface area (Å²) in [7, 11) is 0. The third kappa shape index (κ3) is 2.64. The summed E-state index contributed by atoms with van der Waals surface area (Å²) in [6, 6.07) is 2.23. The number of nitrogens with two attached hydrogens (primary N) is 1. The topological polar surface area (TPSA) is 91.7 Å². The van der Waals surface area contributed by atoms with Crippen molar-refractivity contribution in [2.45, 2.75) is 32.1 Å². The Kier molecular flexibility index (Phi) is 3.02. The molecule has 1 aliphatic carbocycles. The molecular formula is C12H16N6O. The van der Waals surface area contributed by atoms with Crippen LogP contribution in [0.15, 0.2) is 12.3 Å². The van der Waals surface area contributed by atoms with E-state index in [0.717, 1.165) is 12.1 Å². The largest absolute Gasteiger partial charge is 0.463 e. The molecule has 0 aliphatic heterocycles. The first-order chi connectivity index (χ1) is 9.26. The van der Waals surface area contributed by atoms with Crippen LogP contribution in [0, 0.1) is 0 Å². The highest BCUT2D eigenvalue weighted by atomic mass is 16.5. The van der Waals surface area contributed by atoms with Crippen LogP contribution in [0.4, 0.5) is 5.95 Å². The molecule has 7 heteroatoms. The van der Waals surface area contributed by atoms with Gasteiger partial charge in [-0.2, -0.15) is 20.1 Å². The fraction of sp³-hybridized carbons (Fsp3) is 0.500. The molecule has 0 radical (unpaired) electrons. The maximum atomic E-state index is 5.66. The molecule has 0 saturated heterocycles. The second-order valence-electron chi connectivity index (χ2n) is 4.58. The molecular weight excluding hydrogens is 244 g/mol. The van der Waals surface area contributed by atoms with Gasteiger partial charge < -0.3 is 10.5 Å². The Morgan fingerprint density at radius 1 is 1.37 bits per heavy atom. The van der Waals surface area contributed by atoms with Crippen molar-refractivity contribution in [2.24, 2.45) is 0 Å². The van der Waals surface area contributed by atoms with E-state index >= 15 is 0 Å². The molecule has 100 valence electrons. The maximum absolute atomic E-state index is 5.66. The van der Waals surface area contributed by atoms with Crippen LogP contribution in [-0.4, -0.2) is 31.3 Å². The smallest absolute Gasteiger partial charge is 0.323 e. The molecule has 0 atom stereocenters. The quantitative estimate of drug-likeness (QED) is 0.871. The van der Waals surface area contributed by atoms with Gasteiger partial charge in [0.25, 0.3) is 5.95 Å². The Balaban J connectivity index is 1.87. The molecule has 3 rings (SSSR count). The first-order valence-electron chi connectivity index (χ1n) is 6.46. The average Bonchev–Trinajstić information content (AvgIpc) is 3.13. The van der Waals surface area contributed by atoms with Gasteiger partial charge in [-0.05, 0) is 25.3 Å². The van der Waals surface area contributed by atoms with Crippen LogP contribution in [0.25, 0.3) is 5.95 Å². The van der Waals surface area contributed by atoms with E-state index in [1.165, 1.54) is 12.8 Å². The van der Waals surface area contributed by atoms with E-state index in [1.54, 1.807) is 4.68 Å². The van der Waals surface area contributed by atoms with Crippen LogP contribution in [-0.2, 0) is 0 Å². The molecule has 2 aromatic heterocycles. The lowest BCUT2D eigenvalue weighted by Crippen LogP contribution is -2.10. The molecule has 0 spiro atoms. The number of hydrogen-bond donors (Lipinski definition) is 1. The van der Waals surface area contributed by atoms with Crippen molar-refractivity contribution in [3.05, 3.63) is 18.0 Å². The number of anilines is 1. The summed E-state index contributed by atoms with van der Waals surface area (Å²) in [5.41, 5.74) is 6.74. The van der Waals surface area contributed by atoms with Crippen molar-refractivity contribution >= 4 is 5.95 Å². The van der Waals surface area contributed by atoms with E-state index in [9.17, 15) is 0 Å². The van der Waals surface area contributed by atoms with E-state index < -0.39 is 0 Å². The number of nitrogen functional groups attached to an aromatic ring is 1. The number of hydrogen-bond acceptors (Lipinski definition) is 6. The van der Waals surface area contributed by atoms with Crippen LogP contribution in [0.2, 0.25) is 0 Å². The molecule has 2 aromatic rings. The summed E-state index contributed by atoms with van der Waals surface area (Å²) in [6.07, 6.45) is 5.14. The van der Waals surface area contributed by atoms with Crippen molar-refractivity contribution in [1.29, 1.82) is 0 Å². The van der Waals surface area contributed by atoms with Crippen LogP contribution >= 0.6 is 0 Å². The monoisotopic (exact) mass is 260 g/mol. The van der Waals surface area contributed by atoms with Crippen molar-refractivity contribution in [3.63, 3.8) is 0 Å². The Hall–Kier alpha value is -2.18. The van der Waals surface area contributed by atoms with Gasteiger partial charge in [0, 0.05) is 12.1 Å². The number of nitrogens with zero attached hydrogens (tertiary/aromatic N) is 5. The molecule has 2 N–H and O–H groups in total. The summed E-state index contributed by atoms with van der Waals surface area (Å²) in [4.78, 5) is 12.2. The number of aromatic nitrogens is 5. The van der Waals surface area contributed by atoms with Gasteiger partial charge in [-0.1, -0.05) is 6.92 Å². The lowest BCUT2D eigenvalue weighted by Gasteiger charge is -2.05. The minimum atomic E-state index is 0.138. The Morgan fingerprint density at radius 2 is 2.21 bits per heavy atom. The summed E-state index contributed by atoms with van der Waals surface area (Å²) in [5, 5.41) is 4.46. The van der Waals surface area contributed by atoms with Crippen molar-refractivity contribution in [2.75, 3.05) is 12.3 Å².